The Kier molecular flexibility index (Phi) is 5.77. The predicted octanol–water partition coefficient (Wildman–Crippen LogP) is 4.99. The molecular weight excluding hydrogens is 382 g/mol. The van der Waals surface area contributed by atoms with E-state index in [-0.39, 0.29) is 5.41 Å². The molecule has 3 aliphatic rings. The minimum Gasteiger partial charge on any atom is -0.397 e. The lowest BCUT2D eigenvalue weighted by Crippen LogP contribution is -2.42. The number of benzene rings is 1. The monoisotopic (exact) mass is 409 g/mol. The Hall–Kier alpha value is -0.730. The van der Waals surface area contributed by atoms with E-state index in [0.29, 0.717) is 23.5 Å². The van der Waals surface area contributed by atoms with Crippen LogP contribution in [0.5, 0.6) is 5.75 Å². The third-order valence-electron chi connectivity index (χ3n) is 6.99. The van der Waals surface area contributed by atoms with Gasteiger partial charge in [0.15, 0.2) is 5.75 Å². The summed E-state index contributed by atoms with van der Waals surface area (Å²) in [5.41, 5.74) is 2.77. The molecule has 2 N–H and O–H groups in total. The normalized spacial score (nSPS) is 32.0. The standard InChI is InChI=1S/C20H27NO4S2/c1-3-26-18-11-15-12(10-17(18)23-27-25-24-21)4-5-14-13(15)8-9-20(2)16(14)6-7-19(20)22/h10-11,13-14,16H,3-9,21H2,1-2H3/t13?,14?,16?,20-/m0/s1. The van der Waals surface area contributed by atoms with Crippen LogP contribution in [0.2, 0.25) is 0 Å². The first kappa shape index (κ1) is 19.6. The number of hydrogen-bond donors (Lipinski definition) is 1. The van der Waals surface area contributed by atoms with Gasteiger partial charge in [0.1, 0.15) is 5.78 Å². The molecule has 0 spiro atoms. The molecular formula is C20H27NO4S2. The van der Waals surface area contributed by atoms with E-state index in [0.717, 1.165) is 60.8 Å². The van der Waals surface area contributed by atoms with Crippen molar-refractivity contribution in [2.75, 3.05) is 5.75 Å². The molecule has 7 heteroatoms. The van der Waals surface area contributed by atoms with E-state index < -0.39 is 0 Å². The van der Waals surface area contributed by atoms with E-state index in [1.807, 2.05) is 0 Å². The van der Waals surface area contributed by atoms with Crippen molar-refractivity contribution >= 4 is 29.9 Å². The van der Waals surface area contributed by atoms with Gasteiger partial charge in [0.05, 0.1) is 4.90 Å². The molecule has 1 aromatic carbocycles. The summed E-state index contributed by atoms with van der Waals surface area (Å²) >= 11 is 2.51. The van der Waals surface area contributed by atoms with Crippen LogP contribution in [0.25, 0.3) is 0 Å². The summed E-state index contributed by atoms with van der Waals surface area (Å²) in [6.45, 7) is 4.37. The molecule has 2 saturated carbocycles. The van der Waals surface area contributed by atoms with Crippen LogP contribution in [-0.2, 0) is 20.5 Å². The van der Waals surface area contributed by atoms with Gasteiger partial charge in [0.2, 0.25) is 0 Å². The third kappa shape index (κ3) is 3.42. The molecule has 0 aromatic heterocycles. The Morgan fingerprint density at radius 1 is 1.26 bits per heavy atom. The van der Waals surface area contributed by atoms with Crippen LogP contribution in [-0.4, -0.2) is 11.5 Å². The summed E-state index contributed by atoms with van der Waals surface area (Å²) in [4.78, 5) is 17.7. The third-order valence-corrected chi connectivity index (χ3v) is 8.29. The Balaban J connectivity index is 1.64. The average molecular weight is 410 g/mol. The molecule has 0 bridgehead atoms. The van der Waals surface area contributed by atoms with Gasteiger partial charge in [-0.25, -0.2) is 0 Å². The van der Waals surface area contributed by atoms with Gasteiger partial charge < -0.3 is 4.18 Å². The lowest BCUT2D eigenvalue weighted by molar-refractivity contribution is -0.199. The smallest absolute Gasteiger partial charge is 0.260 e. The van der Waals surface area contributed by atoms with Crippen molar-refractivity contribution in [1.29, 1.82) is 0 Å². The first-order chi connectivity index (χ1) is 13.1. The highest BCUT2D eigenvalue weighted by Gasteiger charge is 2.54. The first-order valence-corrected chi connectivity index (χ1v) is 11.4. The average Bonchev–Trinajstić information content (AvgIpc) is 2.97. The van der Waals surface area contributed by atoms with E-state index in [4.69, 9.17) is 10.1 Å². The maximum atomic E-state index is 12.5. The van der Waals surface area contributed by atoms with Gasteiger partial charge in [0.25, 0.3) is 12.3 Å². The summed E-state index contributed by atoms with van der Waals surface area (Å²) in [5, 5.41) is 0. The number of thioether (sulfide) groups is 1. The number of fused-ring (bicyclic) bond motifs is 5. The SMILES string of the molecule is CCSc1cc2c(cc1OSOON)CCC1C2CC[C@]2(C)C(=O)CCC12. The molecule has 1 aromatic rings. The fraction of sp³-hybridized carbons (Fsp3) is 0.650. The number of carbonyl (C=O) groups excluding carboxylic acids is 1. The Morgan fingerprint density at radius 2 is 2.11 bits per heavy atom. The molecule has 3 aliphatic carbocycles. The number of carbonyl (C=O) groups is 1. The van der Waals surface area contributed by atoms with Crippen LogP contribution in [0.3, 0.4) is 0 Å². The van der Waals surface area contributed by atoms with Crippen LogP contribution >= 0.6 is 24.1 Å². The molecule has 2 fully saturated rings. The molecule has 4 rings (SSSR count). The number of nitrogens with two attached hydrogens (primary N) is 1. The van der Waals surface area contributed by atoms with Crippen LogP contribution in [0, 0.1) is 17.3 Å². The second-order valence-corrected chi connectivity index (χ2v) is 9.82. The van der Waals surface area contributed by atoms with E-state index in [1.165, 1.54) is 17.5 Å². The zero-order valence-corrected chi connectivity index (χ0v) is 17.5. The summed E-state index contributed by atoms with van der Waals surface area (Å²) in [7, 11) is 0. The highest BCUT2D eigenvalue weighted by molar-refractivity contribution is 7.99. The van der Waals surface area contributed by atoms with Gasteiger partial charge in [-0.05, 0) is 78.9 Å². The number of Topliss-reactive ketones (excluding diaryl/α,β-unsaturated/α-hetero) is 1. The van der Waals surface area contributed by atoms with Crippen LogP contribution in [0.1, 0.15) is 63.0 Å². The van der Waals surface area contributed by atoms with Crippen molar-refractivity contribution in [2.24, 2.45) is 23.1 Å². The lowest BCUT2D eigenvalue weighted by atomic mass is 9.55. The highest BCUT2D eigenvalue weighted by atomic mass is 32.2. The second kappa shape index (κ2) is 7.95. The molecule has 148 valence electrons. The summed E-state index contributed by atoms with van der Waals surface area (Å²) in [5.74, 6) is 8.92. The van der Waals surface area contributed by atoms with Crippen molar-refractivity contribution < 1.29 is 18.3 Å². The summed E-state index contributed by atoms with van der Waals surface area (Å²) in [6.07, 6.45) is 6.22. The topological polar surface area (TPSA) is 70.8 Å². The van der Waals surface area contributed by atoms with Crippen molar-refractivity contribution in [1.82, 2.24) is 0 Å². The zero-order chi connectivity index (χ0) is 19.0. The largest absolute Gasteiger partial charge is 0.397 e. The van der Waals surface area contributed by atoms with Gasteiger partial charge in [-0.1, -0.05) is 13.8 Å². The number of aryl methyl sites for hydroxylation is 1. The van der Waals surface area contributed by atoms with Crippen LogP contribution < -0.4 is 10.1 Å². The molecule has 0 aliphatic heterocycles. The molecule has 27 heavy (non-hydrogen) atoms. The quantitative estimate of drug-likeness (QED) is 0.233. The lowest BCUT2D eigenvalue weighted by Gasteiger charge is -2.48. The van der Waals surface area contributed by atoms with Gasteiger partial charge in [-0.2, -0.15) is 5.90 Å². The number of ketones is 1. The zero-order valence-electron chi connectivity index (χ0n) is 15.9. The maximum absolute atomic E-state index is 12.5. The summed E-state index contributed by atoms with van der Waals surface area (Å²) < 4.78 is 10.3. The Morgan fingerprint density at radius 3 is 2.89 bits per heavy atom. The van der Waals surface area contributed by atoms with Crippen LogP contribution in [0.4, 0.5) is 0 Å². The van der Waals surface area contributed by atoms with Crippen molar-refractivity contribution in [2.45, 2.75) is 63.2 Å². The molecule has 0 heterocycles. The first-order valence-electron chi connectivity index (χ1n) is 9.78. The fourth-order valence-corrected chi connectivity index (χ4v) is 6.84. The minimum absolute atomic E-state index is 0.0705. The van der Waals surface area contributed by atoms with E-state index >= 15 is 0 Å². The molecule has 3 unspecified atom stereocenters. The van der Waals surface area contributed by atoms with E-state index in [1.54, 1.807) is 11.8 Å². The molecule has 5 nitrogen and oxygen atoms in total. The second-order valence-electron chi connectivity index (χ2n) is 8.08. The number of rotatable bonds is 6. The Bertz CT molecular complexity index is 728. The Labute approximate surface area is 169 Å². The molecule has 4 atom stereocenters. The van der Waals surface area contributed by atoms with E-state index in [2.05, 4.69) is 35.3 Å². The number of hydrogen-bond acceptors (Lipinski definition) is 7. The molecule has 0 saturated heterocycles. The van der Waals surface area contributed by atoms with Gasteiger partial charge in [-0.15, -0.1) is 21.1 Å². The van der Waals surface area contributed by atoms with Gasteiger partial charge >= 0.3 is 0 Å². The summed E-state index contributed by atoms with van der Waals surface area (Å²) in [6, 6.07) is 4.48. The molecule has 0 amide bonds. The van der Waals surface area contributed by atoms with Gasteiger partial charge in [0, 0.05) is 11.8 Å². The molecule has 0 radical (unpaired) electrons. The predicted molar refractivity (Wildman–Crippen MR) is 107 cm³/mol. The van der Waals surface area contributed by atoms with Crippen LogP contribution in [0.15, 0.2) is 17.0 Å². The van der Waals surface area contributed by atoms with Crippen molar-refractivity contribution in [3.63, 3.8) is 0 Å². The van der Waals surface area contributed by atoms with Crippen molar-refractivity contribution in [3.05, 3.63) is 23.3 Å². The fourth-order valence-electron chi connectivity index (χ4n) is 5.75. The van der Waals surface area contributed by atoms with E-state index in [9.17, 15) is 4.79 Å². The van der Waals surface area contributed by atoms with Gasteiger partial charge in [-0.3, -0.25) is 4.79 Å². The minimum atomic E-state index is -0.0705. The maximum Gasteiger partial charge on any atom is 0.260 e. The van der Waals surface area contributed by atoms with Crippen molar-refractivity contribution in [3.8, 4) is 5.75 Å². The highest BCUT2D eigenvalue weighted by Crippen LogP contribution is 2.60.